The Labute approximate surface area is 168 Å². The molecule has 0 saturated carbocycles. The van der Waals surface area contributed by atoms with Crippen molar-refractivity contribution in [3.05, 3.63) is 91.1 Å². The second-order valence-corrected chi connectivity index (χ2v) is 6.81. The Balaban J connectivity index is 1.65. The smallest absolute Gasteiger partial charge is 0.118 e. The van der Waals surface area contributed by atoms with E-state index in [4.69, 9.17) is 9.72 Å². The molecular formula is C25H19N3O. The number of aromatic nitrogens is 2. The predicted octanol–water partition coefficient (Wildman–Crippen LogP) is 6.20. The number of para-hydroxylation sites is 2. The highest BCUT2D eigenvalue weighted by Crippen LogP contribution is 2.32. The van der Waals surface area contributed by atoms with Crippen molar-refractivity contribution in [3.63, 3.8) is 0 Å². The van der Waals surface area contributed by atoms with Crippen molar-refractivity contribution in [1.29, 1.82) is 0 Å². The Bertz CT molecular complexity index is 1310. The van der Waals surface area contributed by atoms with Crippen molar-refractivity contribution in [2.24, 2.45) is 0 Å². The fourth-order valence-corrected chi connectivity index (χ4v) is 3.54. The van der Waals surface area contributed by atoms with Crippen LogP contribution >= 0.6 is 0 Å². The van der Waals surface area contributed by atoms with Gasteiger partial charge in [0.15, 0.2) is 0 Å². The van der Waals surface area contributed by atoms with E-state index in [9.17, 15) is 0 Å². The van der Waals surface area contributed by atoms with Gasteiger partial charge in [0.05, 0.1) is 35.2 Å². The molecule has 0 fully saturated rings. The Morgan fingerprint density at radius 1 is 0.793 bits per heavy atom. The van der Waals surface area contributed by atoms with Crippen LogP contribution in [-0.4, -0.2) is 17.1 Å². The lowest BCUT2D eigenvalue weighted by molar-refractivity contribution is 0.415. The molecular weight excluding hydrogens is 358 g/mol. The second kappa shape index (κ2) is 7.24. The number of rotatable bonds is 4. The number of hydrogen-bond acceptors (Lipinski definition) is 4. The molecule has 0 saturated heterocycles. The SMILES string of the molecule is COc1ccc(-c2cc(Nc3cccc4cccnc34)c3ccccc3n2)cc1. The van der Waals surface area contributed by atoms with E-state index in [1.54, 1.807) is 7.11 Å². The van der Waals surface area contributed by atoms with Crippen molar-refractivity contribution >= 4 is 33.2 Å². The third-order valence-corrected chi connectivity index (χ3v) is 5.00. The van der Waals surface area contributed by atoms with Gasteiger partial charge in [0.2, 0.25) is 0 Å². The van der Waals surface area contributed by atoms with E-state index < -0.39 is 0 Å². The van der Waals surface area contributed by atoms with Gasteiger partial charge in [0.25, 0.3) is 0 Å². The number of nitrogens with zero attached hydrogens (tertiary/aromatic N) is 2. The number of benzene rings is 3. The fraction of sp³-hybridized carbons (Fsp3) is 0.0400. The summed E-state index contributed by atoms with van der Waals surface area (Å²) in [5.74, 6) is 0.828. The number of anilines is 2. The van der Waals surface area contributed by atoms with Crippen LogP contribution in [0.15, 0.2) is 91.1 Å². The lowest BCUT2D eigenvalue weighted by Gasteiger charge is -2.14. The second-order valence-electron chi connectivity index (χ2n) is 6.81. The summed E-state index contributed by atoms with van der Waals surface area (Å²) >= 11 is 0. The number of fused-ring (bicyclic) bond motifs is 2. The summed E-state index contributed by atoms with van der Waals surface area (Å²) in [6, 6.07) is 28.4. The van der Waals surface area contributed by atoms with E-state index in [0.29, 0.717) is 0 Å². The van der Waals surface area contributed by atoms with Gasteiger partial charge in [0, 0.05) is 22.5 Å². The summed E-state index contributed by atoms with van der Waals surface area (Å²) < 4.78 is 5.28. The maximum absolute atomic E-state index is 5.28. The minimum Gasteiger partial charge on any atom is -0.497 e. The molecule has 2 aromatic heterocycles. The standard InChI is InChI=1S/C25H19N3O/c1-29-19-13-11-17(12-14-19)23-16-24(20-8-2-3-9-21(20)27-23)28-22-10-4-6-18-7-5-15-26-25(18)22/h2-16H,1H3,(H,27,28). The third-order valence-electron chi connectivity index (χ3n) is 5.00. The summed E-state index contributed by atoms with van der Waals surface area (Å²) in [5.41, 5.74) is 5.80. The predicted molar refractivity (Wildman–Crippen MR) is 119 cm³/mol. The molecule has 29 heavy (non-hydrogen) atoms. The maximum Gasteiger partial charge on any atom is 0.118 e. The zero-order valence-electron chi connectivity index (χ0n) is 16.0. The molecule has 3 aromatic carbocycles. The van der Waals surface area contributed by atoms with E-state index in [2.05, 4.69) is 40.6 Å². The zero-order valence-corrected chi connectivity index (χ0v) is 16.0. The highest BCUT2D eigenvalue weighted by molar-refractivity contribution is 5.99. The van der Waals surface area contributed by atoms with Crippen molar-refractivity contribution in [3.8, 4) is 17.0 Å². The molecule has 0 spiro atoms. The number of methoxy groups -OCH3 is 1. The molecule has 140 valence electrons. The average Bonchev–Trinajstić information content (AvgIpc) is 2.79. The first-order chi connectivity index (χ1) is 14.3. The molecule has 0 aliphatic heterocycles. The van der Waals surface area contributed by atoms with Gasteiger partial charge in [0.1, 0.15) is 5.75 Å². The number of pyridine rings is 2. The van der Waals surface area contributed by atoms with Gasteiger partial charge < -0.3 is 10.1 Å². The number of nitrogens with one attached hydrogen (secondary N) is 1. The first-order valence-corrected chi connectivity index (χ1v) is 9.47. The van der Waals surface area contributed by atoms with E-state index in [1.807, 2.05) is 60.8 Å². The maximum atomic E-state index is 5.28. The highest BCUT2D eigenvalue weighted by atomic mass is 16.5. The van der Waals surface area contributed by atoms with Gasteiger partial charge in [-0.05, 0) is 48.5 Å². The van der Waals surface area contributed by atoms with E-state index in [-0.39, 0.29) is 0 Å². The Morgan fingerprint density at radius 3 is 2.48 bits per heavy atom. The van der Waals surface area contributed by atoms with Crippen LogP contribution in [-0.2, 0) is 0 Å². The molecule has 4 nitrogen and oxygen atoms in total. The third kappa shape index (κ3) is 3.25. The molecule has 5 rings (SSSR count). The highest BCUT2D eigenvalue weighted by Gasteiger charge is 2.10. The number of hydrogen-bond donors (Lipinski definition) is 1. The summed E-state index contributed by atoms with van der Waals surface area (Å²) in [5, 5.41) is 5.77. The van der Waals surface area contributed by atoms with Gasteiger partial charge in [-0.3, -0.25) is 4.98 Å². The first-order valence-electron chi connectivity index (χ1n) is 9.47. The largest absolute Gasteiger partial charge is 0.497 e. The quantitative estimate of drug-likeness (QED) is 0.405. The van der Waals surface area contributed by atoms with Crippen molar-refractivity contribution in [1.82, 2.24) is 9.97 Å². The molecule has 2 heterocycles. The number of ether oxygens (including phenoxy) is 1. The van der Waals surface area contributed by atoms with E-state index in [1.165, 1.54) is 0 Å². The van der Waals surface area contributed by atoms with Crippen molar-refractivity contribution in [2.45, 2.75) is 0 Å². The van der Waals surface area contributed by atoms with E-state index in [0.717, 1.165) is 50.2 Å². The van der Waals surface area contributed by atoms with Gasteiger partial charge in [-0.15, -0.1) is 0 Å². The molecule has 0 aliphatic carbocycles. The van der Waals surface area contributed by atoms with Crippen molar-refractivity contribution in [2.75, 3.05) is 12.4 Å². The molecule has 0 unspecified atom stereocenters. The van der Waals surface area contributed by atoms with Crippen molar-refractivity contribution < 1.29 is 4.74 Å². The minimum atomic E-state index is 0.828. The van der Waals surface area contributed by atoms with Gasteiger partial charge >= 0.3 is 0 Å². The van der Waals surface area contributed by atoms with Crippen LogP contribution < -0.4 is 10.1 Å². The summed E-state index contributed by atoms with van der Waals surface area (Å²) in [6.07, 6.45) is 1.82. The molecule has 1 N–H and O–H groups in total. The van der Waals surface area contributed by atoms with Crippen LogP contribution in [0.4, 0.5) is 11.4 Å². The molecule has 0 amide bonds. The van der Waals surface area contributed by atoms with Gasteiger partial charge in [-0.1, -0.05) is 36.4 Å². The van der Waals surface area contributed by atoms with Crippen LogP contribution in [0.25, 0.3) is 33.1 Å². The van der Waals surface area contributed by atoms with Crippen LogP contribution in [0.5, 0.6) is 5.75 Å². The van der Waals surface area contributed by atoms with Gasteiger partial charge in [-0.25, -0.2) is 4.98 Å². The minimum absolute atomic E-state index is 0.828. The van der Waals surface area contributed by atoms with Crippen LogP contribution in [0, 0.1) is 0 Å². The summed E-state index contributed by atoms with van der Waals surface area (Å²) in [7, 11) is 1.67. The Kier molecular flexibility index (Phi) is 4.30. The lowest BCUT2D eigenvalue weighted by Crippen LogP contribution is -1.96. The van der Waals surface area contributed by atoms with Gasteiger partial charge in [-0.2, -0.15) is 0 Å². The van der Waals surface area contributed by atoms with Crippen LogP contribution in [0.2, 0.25) is 0 Å². The molecule has 4 heteroatoms. The van der Waals surface area contributed by atoms with Crippen LogP contribution in [0.3, 0.4) is 0 Å². The molecule has 0 radical (unpaired) electrons. The first kappa shape index (κ1) is 17.2. The zero-order chi connectivity index (χ0) is 19.6. The monoisotopic (exact) mass is 377 g/mol. The summed E-state index contributed by atoms with van der Waals surface area (Å²) in [6.45, 7) is 0. The molecule has 0 aliphatic rings. The molecule has 5 aromatic rings. The summed E-state index contributed by atoms with van der Waals surface area (Å²) in [4.78, 5) is 9.43. The van der Waals surface area contributed by atoms with Crippen LogP contribution in [0.1, 0.15) is 0 Å². The Morgan fingerprint density at radius 2 is 1.62 bits per heavy atom. The average molecular weight is 377 g/mol. The molecule has 0 atom stereocenters. The lowest BCUT2D eigenvalue weighted by atomic mass is 10.1. The topological polar surface area (TPSA) is 47.0 Å². The molecule has 0 bridgehead atoms. The fourth-order valence-electron chi connectivity index (χ4n) is 3.54. The van der Waals surface area contributed by atoms with E-state index >= 15 is 0 Å². The normalized spacial score (nSPS) is 10.9. The Hall–Kier alpha value is -3.92.